The van der Waals surface area contributed by atoms with Crippen LogP contribution in [-0.4, -0.2) is 44.4 Å². The van der Waals surface area contributed by atoms with Crippen LogP contribution in [0.25, 0.3) is 0 Å². The summed E-state index contributed by atoms with van der Waals surface area (Å²) >= 11 is 0. The van der Waals surface area contributed by atoms with Gasteiger partial charge in [0, 0.05) is 50.6 Å². The van der Waals surface area contributed by atoms with E-state index in [0.29, 0.717) is 5.75 Å². The van der Waals surface area contributed by atoms with Crippen molar-refractivity contribution in [1.82, 2.24) is 0 Å². The molecule has 0 saturated carbocycles. The normalized spacial score (nSPS) is 16.5. The van der Waals surface area contributed by atoms with Gasteiger partial charge in [0.05, 0.1) is 5.69 Å². The quantitative estimate of drug-likeness (QED) is 0.720. The minimum absolute atomic E-state index is 0. The van der Waals surface area contributed by atoms with Crippen LogP contribution in [0.2, 0.25) is 0 Å². The maximum atomic E-state index is 10.3. The van der Waals surface area contributed by atoms with Crippen molar-refractivity contribution in [2.24, 2.45) is 0 Å². The lowest BCUT2D eigenvalue weighted by Gasteiger charge is -2.38. The Labute approximate surface area is 186 Å². The SMILES string of the molecule is Cl.Cl.Cl.Oc1ccc(N2CCN(c3ccccc3)CC2)cc1N1CCCCC1. The van der Waals surface area contributed by atoms with Crippen LogP contribution in [0.1, 0.15) is 19.3 Å². The van der Waals surface area contributed by atoms with Gasteiger partial charge in [0.15, 0.2) is 0 Å². The molecule has 4 nitrogen and oxygen atoms in total. The second kappa shape index (κ2) is 11.5. The Kier molecular flexibility index (Phi) is 10.1. The van der Waals surface area contributed by atoms with E-state index in [1.54, 1.807) is 0 Å². The van der Waals surface area contributed by atoms with E-state index >= 15 is 0 Å². The average molecular weight is 447 g/mol. The van der Waals surface area contributed by atoms with Gasteiger partial charge in [0.25, 0.3) is 0 Å². The summed E-state index contributed by atoms with van der Waals surface area (Å²) in [5.74, 6) is 0.411. The van der Waals surface area contributed by atoms with Crippen LogP contribution in [0.5, 0.6) is 5.75 Å². The Hall–Kier alpha value is -1.49. The highest BCUT2D eigenvalue weighted by Gasteiger charge is 2.20. The lowest BCUT2D eigenvalue weighted by molar-refractivity contribution is 0.469. The van der Waals surface area contributed by atoms with Crippen molar-refractivity contribution >= 4 is 54.3 Å². The maximum Gasteiger partial charge on any atom is 0.139 e. The number of benzene rings is 2. The zero-order valence-electron chi connectivity index (χ0n) is 16.0. The Balaban J connectivity index is 0.00000131. The molecule has 0 aliphatic carbocycles. The van der Waals surface area contributed by atoms with E-state index in [9.17, 15) is 5.11 Å². The van der Waals surface area contributed by atoms with Gasteiger partial charge in [-0.1, -0.05) is 18.2 Å². The summed E-state index contributed by atoms with van der Waals surface area (Å²) in [7, 11) is 0. The van der Waals surface area contributed by atoms with Crippen molar-refractivity contribution < 1.29 is 5.11 Å². The number of halogens is 3. The first-order chi connectivity index (χ1) is 12.3. The van der Waals surface area contributed by atoms with Crippen molar-refractivity contribution in [2.75, 3.05) is 54.0 Å². The number of aromatic hydroxyl groups is 1. The van der Waals surface area contributed by atoms with Crippen LogP contribution >= 0.6 is 37.2 Å². The highest BCUT2D eigenvalue weighted by molar-refractivity contribution is 5.86. The van der Waals surface area contributed by atoms with Crippen LogP contribution in [0.3, 0.4) is 0 Å². The largest absolute Gasteiger partial charge is 0.506 e. The van der Waals surface area contributed by atoms with Gasteiger partial charge in [-0.3, -0.25) is 0 Å². The molecule has 4 rings (SSSR count). The summed E-state index contributed by atoms with van der Waals surface area (Å²) in [5, 5.41) is 10.3. The number of para-hydroxylation sites is 1. The molecule has 2 aromatic rings. The molecule has 0 spiro atoms. The van der Waals surface area contributed by atoms with Gasteiger partial charge >= 0.3 is 0 Å². The standard InChI is InChI=1S/C21H27N3O.3ClH/c25-21-10-9-19(17-20(21)24-11-5-2-6-12-24)23-15-13-22(14-16-23)18-7-3-1-4-8-18;;;/h1,3-4,7-10,17,25H,2,5-6,11-16H2;3*1H. The first-order valence-electron chi connectivity index (χ1n) is 9.44. The molecule has 0 atom stereocenters. The zero-order valence-corrected chi connectivity index (χ0v) is 18.4. The number of phenols is 1. The molecule has 2 saturated heterocycles. The second-order valence-corrected chi connectivity index (χ2v) is 7.03. The first-order valence-corrected chi connectivity index (χ1v) is 9.44. The van der Waals surface area contributed by atoms with Crippen LogP contribution in [0, 0.1) is 0 Å². The molecular weight excluding hydrogens is 417 g/mol. The van der Waals surface area contributed by atoms with E-state index in [4.69, 9.17) is 0 Å². The highest BCUT2D eigenvalue weighted by atomic mass is 35.5. The fourth-order valence-electron chi connectivity index (χ4n) is 3.96. The van der Waals surface area contributed by atoms with Crippen molar-refractivity contribution in [1.29, 1.82) is 0 Å². The number of nitrogens with zero attached hydrogens (tertiary/aromatic N) is 3. The molecule has 28 heavy (non-hydrogen) atoms. The number of hydrogen-bond acceptors (Lipinski definition) is 4. The Bertz CT molecular complexity index is 703. The Morgan fingerprint density at radius 1 is 0.571 bits per heavy atom. The number of piperidine rings is 1. The maximum absolute atomic E-state index is 10.3. The Morgan fingerprint density at radius 3 is 1.75 bits per heavy atom. The number of piperazine rings is 1. The number of anilines is 3. The number of rotatable bonds is 3. The molecule has 0 aromatic heterocycles. The predicted molar refractivity (Wildman–Crippen MR) is 127 cm³/mol. The van der Waals surface area contributed by atoms with Gasteiger partial charge in [-0.25, -0.2) is 0 Å². The molecule has 2 aliphatic heterocycles. The summed E-state index contributed by atoms with van der Waals surface area (Å²) < 4.78 is 0. The van der Waals surface area contributed by atoms with Gasteiger partial charge in [-0.2, -0.15) is 0 Å². The van der Waals surface area contributed by atoms with E-state index < -0.39 is 0 Å². The van der Waals surface area contributed by atoms with Crippen LogP contribution in [-0.2, 0) is 0 Å². The third-order valence-corrected chi connectivity index (χ3v) is 5.42. The van der Waals surface area contributed by atoms with E-state index in [-0.39, 0.29) is 37.2 Å². The molecule has 2 heterocycles. The van der Waals surface area contributed by atoms with E-state index in [2.05, 4.69) is 57.2 Å². The molecule has 0 bridgehead atoms. The summed E-state index contributed by atoms with van der Waals surface area (Å²) in [5.41, 5.74) is 3.54. The summed E-state index contributed by atoms with van der Waals surface area (Å²) in [6.45, 7) is 6.20. The van der Waals surface area contributed by atoms with Crippen LogP contribution < -0.4 is 14.7 Å². The topological polar surface area (TPSA) is 30.0 Å². The smallest absolute Gasteiger partial charge is 0.139 e. The van der Waals surface area contributed by atoms with E-state index in [1.165, 1.54) is 30.6 Å². The van der Waals surface area contributed by atoms with Gasteiger partial charge in [0.1, 0.15) is 5.75 Å². The van der Waals surface area contributed by atoms with E-state index in [1.807, 2.05) is 6.07 Å². The Morgan fingerprint density at radius 2 is 1.14 bits per heavy atom. The van der Waals surface area contributed by atoms with Crippen LogP contribution in [0.4, 0.5) is 17.1 Å². The zero-order chi connectivity index (χ0) is 17.1. The van der Waals surface area contributed by atoms with Gasteiger partial charge < -0.3 is 19.8 Å². The lowest BCUT2D eigenvalue weighted by Crippen LogP contribution is -2.46. The molecule has 1 N–H and O–H groups in total. The molecule has 0 unspecified atom stereocenters. The summed E-state index contributed by atoms with van der Waals surface area (Å²) in [6.07, 6.45) is 3.75. The predicted octanol–water partition coefficient (Wildman–Crippen LogP) is 4.97. The summed E-state index contributed by atoms with van der Waals surface area (Å²) in [4.78, 5) is 7.22. The van der Waals surface area contributed by atoms with Crippen LogP contribution in [0.15, 0.2) is 48.5 Å². The first kappa shape index (κ1) is 24.5. The molecule has 0 radical (unpaired) electrons. The minimum Gasteiger partial charge on any atom is -0.506 e. The fraction of sp³-hybridized carbons (Fsp3) is 0.429. The van der Waals surface area contributed by atoms with Gasteiger partial charge in [0.2, 0.25) is 0 Å². The molecule has 2 fully saturated rings. The summed E-state index contributed by atoms with van der Waals surface area (Å²) in [6, 6.07) is 16.7. The number of phenolic OH excluding ortho intramolecular Hbond substituents is 1. The molecule has 0 amide bonds. The minimum atomic E-state index is 0. The third-order valence-electron chi connectivity index (χ3n) is 5.42. The lowest BCUT2D eigenvalue weighted by atomic mass is 10.1. The highest BCUT2D eigenvalue weighted by Crippen LogP contribution is 2.34. The van der Waals surface area contributed by atoms with Gasteiger partial charge in [-0.15, -0.1) is 37.2 Å². The van der Waals surface area contributed by atoms with E-state index in [0.717, 1.165) is 45.0 Å². The average Bonchev–Trinajstić information content (AvgIpc) is 2.70. The van der Waals surface area contributed by atoms with Crippen molar-refractivity contribution in [3.05, 3.63) is 48.5 Å². The molecule has 156 valence electrons. The molecule has 7 heteroatoms. The fourth-order valence-corrected chi connectivity index (χ4v) is 3.96. The molecule has 2 aliphatic rings. The number of hydrogen-bond donors (Lipinski definition) is 1. The van der Waals surface area contributed by atoms with Crippen molar-refractivity contribution in [2.45, 2.75) is 19.3 Å². The van der Waals surface area contributed by atoms with Crippen molar-refractivity contribution in [3.8, 4) is 5.75 Å². The molecular formula is C21H30Cl3N3O. The monoisotopic (exact) mass is 445 g/mol. The second-order valence-electron chi connectivity index (χ2n) is 7.03. The molecule has 2 aromatic carbocycles. The van der Waals surface area contributed by atoms with Gasteiger partial charge in [-0.05, 0) is 49.6 Å². The third kappa shape index (κ3) is 5.53. The van der Waals surface area contributed by atoms with Crippen molar-refractivity contribution in [3.63, 3.8) is 0 Å².